The van der Waals surface area contributed by atoms with Gasteiger partial charge in [0.15, 0.2) is 5.75 Å². The smallest absolute Gasteiger partial charge is 0.159 e. The van der Waals surface area contributed by atoms with Gasteiger partial charge in [0.2, 0.25) is 0 Å². The number of rotatable bonds is 5. The predicted molar refractivity (Wildman–Crippen MR) is 85.8 cm³/mol. The van der Waals surface area contributed by atoms with Crippen LogP contribution in [0, 0.1) is 0 Å². The molecule has 0 aliphatic carbocycles. The Kier molecular flexibility index (Phi) is 5.19. The lowest BCUT2D eigenvalue weighted by Gasteiger charge is -2.13. The van der Waals surface area contributed by atoms with Crippen LogP contribution in [-0.2, 0) is 0 Å². The van der Waals surface area contributed by atoms with Crippen molar-refractivity contribution in [2.75, 3.05) is 13.2 Å². The third-order valence-electron chi connectivity index (χ3n) is 2.65. The van der Waals surface area contributed by atoms with Gasteiger partial charge in [-0.15, -0.1) is 0 Å². The average molecular weight is 388 g/mol. The summed E-state index contributed by atoms with van der Waals surface area (Å²) in [5, 5.41) is 4.38. The summed E-state index contributed by atoms with van der Waals surface area (Å²) in [5.41, 5.74) is 0.869. The first-order chi connectivity index (χ1) is 9.09. The molecule has 1 heterocycles. The van der Waals surface area contributed by atoms with Gasteiger partial charge in [-0.25, -0.2) is 0 Å². The highest BCUT2D eigenvalue weighted by atomic mass is 79.9. The number of halogens is 2. The summed E-state index contributed by atoms with van der Waals surface area (Å²) in [6.07, 6.45) is 1.78. The van der Waals surface area contributed by atoms with Gasteiger partial charge in [-0.05, 0) is 28.1 Å². The molecular formula is C14H16Br2N2O. The van der Waals surface area contributed by atoms with Gasteiger partial charge >= 0.3 is 0 Å². The van der Waals surface area contributed by atoms with Gasteiger partial charge in [0.1, 0.15) is 12.1 Å². The molecule has 1 aromatic heterocycles. The zero-order valence-corrected chi connectivity index (χ0v) is 14.1. The fraction of sp³-hybridized carbons (Fsp3) is 0.357. The van der Waals surface area contributed by atoms with Crippen LogP contribution >= 0.6 is 31.9 Å². The predicted octanol–water partition coefficient (Wildman–Crippen LogP) is 4.14. The Morgan fingerprint density at radius 3 is 2.84 bits per heavy atom. The number of hydrogen-bond donors (Lipinski definition) is 1. The van der Waals surface area contributed by atoms with Crippen LogP contribution < -0.4 is 10.1 Å². The SMILES string of the molecule is CC(C)NCCOc1c(Br)cc(Br)c2cccnc12. The summed E-state index contributed by atoms with van der Waals surface area (Å²) in [6, 6.07) is 6.41. The molecule has 1 N–H and O–H groups in total. The standard InChI is InChI=1S/C14H16Br2N2O/c1-9(2)17-6-7-19-14-12(16)8-11(15)10-4-3-5-18-13(10)14/h3-5,8-9,17H,6-7H2,1-2H3. The molecular weight excluding hydrogens is 372 g/mol. The van der Waals surface area contributed by atoms with E-state index in [1.54, 1.807) is 6.20 Å². The number of nitrogens with one attached hydrogen (secondary N) is 1. The highest BCUT2D eigenvalue weighted by Crippen LogP contribution is 2.37. The van der Waals surface area contributed by atoms with Crippen molar-refractivity contribution in [3.8, 4) is 5.75 Å². The lowest BCUT2D eigenvalue weighted by molar-refractivity contribution is 0.310. The zero-order valence-electron chi connectivity index (χ0n) is 10.9. The summed E-state index contributed by atoms with van der Waals surface area (Å²) in [4.78, 5) is 4.41. The van der Waals surface area contributed by atoms with E-state index in [2.05, 4.69) is 56.0 Å². The third kappa shape index (κ3) is 3.68. The van der Waals surface area contributed by atoms with Crippen LogP contribution in [0.4, 0.5) is 0 Å². The normalized spacial score (nSPS) is 11.2. The van der Waals surface area contributed by atoms with E-state index in [9.17, 15) is 0 Å². The maximum Gasteiger partial charge on any atom is 0.159 e. The first-order valence-corrected chi connectivity index (χ1v) is 7.77. The fourth-order valence-electron chi connectivity index (χ4n) is 1.78. The Morgan fingerprint density at radius 1 is 1.32 bits per heavy atom. The van der Waals surface area contributed by atoms with Gasteiger partial charge in [0.25, 0.3) is 0 Å². The Bertz CT molecular complexity index is 573. The van der Waals surface area contributed by atoms with Crippen LogP contribution in [0.2, 0.25) is 0 Å². The van der Waals surface area contributed by atoms with Crippen LogP contribution in [-0.4, -0.2) is 24.2 Å². The molecule has 0 amide bonds. The highest BCUT2D eigenvalue weighted by Gasteiger charge is 2.11. The van der Waals surface area contributed by atoms with E-state index in [0.717, 1.165) is 32.1 Å². The maximum absolute atomic E-state index is 5.86. The number of hydrogen-bond acceptors (Lipinski definition) is 3. The fourth-order valence-corrected chi connectivity index (χ4v) is 3.17. The molecule has 0 saturated carbocycles. The van der Waals surface area contributed by atoms with E-state index >= 15 is 0 Å². The molecule has 0 atom stereocenters. The van der Waals surface area contributed by atoms with Crippen molar-refractivity contribution in [3.63, 3.8) is 0 Å². The molecule has 0 radical (unpaired) electrons. The second kappa shape index (κ2) is 6.68. The van der Waals surface area contributed by atoms with Crippen molar-refractivity contribution in [3.05, 3.63) is 33.3 Å². The van der Waals surface area contributed by atoms with Crippen molar-refractivity contribution in [2.45, 2.75) is 19.9 Å². The van der Waals surface area contributed by atoms with Crippen molar-refractivity contribution < 1.29 is 4.74 Å². The monoisotopic (exact) mass is 386 g/mol. The van der Waals surface area contributed by atoms with Crippen LogP contribution in [0.15, 0.2) is 33.3 Å². The Hall–Kier alpha value is -0.650. The molecule has 0 spiro atoms. The van der Waals surface area contributed by atoms with Gasteiger partial charge in [-0.2, -0.15) is 0 Å². The number of fused-ring (bicyclic) bond motifs is 1. The average Bonchev–Trinajstić information content (AvgIpc) is 2.37. The maximum atomic E-state index is 5.86. The number of aromatic nitrogens is 1. The van der Waals surface area contributed by atoms with Crippen LogP contribution in [0.25, 0.3) is 10.9 Å². The van der Waals surface area contributed by atoms with Gasteiger partial charge in [-0.3, -0.25) is 4.98 Å². The molecule has 0 aliphatic rings. The molecule has 0 unspecified atom stereocenters. The minimum atomic E-state index is 0.465. The first-order valence-electron chi connectivity index (χ1n) is 6.18. The second-order valence-corrected chi connectivity index (χ2v) is 6.23. The van der Waals surface area contributed by atoms with E-state index in [0.29, 0.717) is 12.6 Å². The first kappa shape index (κ1) is 14.8. The molecule has 2 aromatic rings. The molecule has 102 valence electrons. The molecule has 1 aromatic carbocycles. The molecule has 0 saturated heterocycles. The van der Waals surface area contributed by atoms with Crippen molar-refractivity contribution in [2.24, 2.45) is 0 Å². The highest BCUT2D eigenvalue weighted by molar-refractivity contribution is 9.11. The summed E-state index contributed by atoms with van der Waals surface area (Å²) >= 11 is 7.08. The summed E-state index contributed by atoms with van der Waals surface area (Å²) in [7, 11) is 0. The van der Waals surface area contributed by atoms with Crippen LogP contribution in [0.3, 0.4) is 0 Å². The molecule has 2 rings (SSSR count). The topological polar surface area (TPSA) is 34.1 Å². The Balaban J connectivity index is 2.22. The summed E-state index contributed by atoms with van der Waals surface area (Å²) in [6.45, 7) is 5.66. The third-order valence-corrected chi connectivity index (χ3v) is 3.90. The Labute approximate surface area is 130 Å². The second-order valence-electron chi connectivity index (χ2n) is 4.53. The van der Waals surface area contributed by atoms with E-state index in [1.165, 1.54) is 0 Å². The minimum absolute atomic E-state index is 0.465. The van der Waals surface area contributed by atoms with E-state index in [-0.39, 0.29) is 0 Å². The summed E-state index contributed by atoms with van der Waals surface area (Å²) in [5.74, 6) is 0.796. The minimum Gasteiger partial charge on any atom is -0.489 e. The van der Waals surface area contributed by atoms with Crippen molar-refractivity contribution in [1.29, 1.82) is 0 Å². The van der Waals surface area contributed by atoms with E-state index < -0.39 is 0 Å². The lowest BCUT2D eigenvalue weighted by Crippen LogP contribution is -2.27. The molecule has 19 heavy (non-hydrogen) atoms. The lowest BCUT2D eigenvalue weighted by atomic mass is 10.2. The zero-order chi connectivity index (χ0) is 13.8. The Morgan fingerprint density at radius 2 is 2.11 bits per heavy atom. The molecule has 0 aliphatic heterocycles. The van der Waals surface area contributed by atoms with Gasteiger partial charge in [-0.1, -0.05) is 35.8 Å². The molecule has 3 nitrogen and oxygen atoms in total. The van der Waals surface area contributed by atoms with Crippen molar-refractivity contribution in [1.82, 2.24) is 10.3 Å². The van der Waals surface area contributed by atoms with E-state index in [4.69, 9.17) is 4.74 Å². The van der Waals surface area contributed by atoms with Gasteiger partial charge in [0, 0.05) is 28.6 Å². The number of benzene rings is 1. The molecule has 5 heteroatoms. The van der Waals surface area contributed by atoms with E-state index in [1.807, 2.05) is 18.2 Å². The van der Waals surface area contributed by atoms with Crippen LogP contribution in [0.5, 0.6) is 5.75 Å². The summed E-state index contributed by atoms with van der Waals surface area (Å²) < 4.78 is 7.78. The largest absolute Gasteiger partial charge is 0.489 e. The molecule has 0 fully saturated rings. The number of nitrogens with zero attached hydrogens (tertiary/aromatic N) is 1. The van der Waals surface area contributed by atoms with Gasteiger partial charge in [0.05, 0.1) is 4.47 Å². The molecule has 0 bridgehead atoms. The van der Waals surface area contributed by atoms with Gasteiger partial charge < -0.3 is 10.1 Å². The quantitative estimate of drug-likeness (QED) is 0.783. The number of pyridine rings is 1. The number of ether oxygens (including phenoxy) is 1. The van der Waals surface area contributed by atoms with Crippen molar-refractivity contribution >= 4 is 42.8 Å². The van der Waals surface area contributed by atoms with Crippen LogP contribution in [0.1, 0.15) is 13.8 Å².